The quantitative estimate of drug-likeness (QED) is 0.636. The summed E-state index contributed by atoms with van der Waals surface area (Å²) >= 11 is 0. The average molecular weight is 305 g/mol. The van der Waals surface area contributed by atoms with E-state index >= 15 is 0 Å². The Morgan fingerprint density at radius 1 is 1.15 bits per heavy atom. The van der Waals surface area contributed by atoms with E-state index in [4.69, 9.17) is 0 Å². The fourth-order valence-corrected chi connectivity index (χ4v) is 2.00. The summed E-state index contributed by atoms with van der Waals surface area (Å²) in [5.41, 5.74) is -4.60. The third-order valence-electron chi connectivity index (χ3n) is 2.49. The summed E-state index contributed by atoms with van der Waals surface area (Å²) in [5.74, 6) is -0.352. The number of para-hydroxylation sites is 1. The van der Waals surface area contributed by atoms with Crippen LogP contribution in [0.25, 0.3) is 0 Å². The topological polar surface area (TPSA) is 46.6 Å². The maximum atomic E-state index is 12.2. The molecule has 108 valence electrons. The second kappa shape index (κ2) is 5.20. The first kappa shape index (κ1) is 14.4. The second-order valence-corrected chi connectivity index (χ2v) is 5.43. The van der Waals surface area contributed by atoms with Crippen LogP contribution >= 0.6 is 0 Å². The Bertz CT molecular complexity index is 636. The van der Waals surface area contributed by atoms with Gasteiger partial charge in [0.05, 0.1) is 0 Å². The summed E-state index contributed by atoms with van der Waals surface area (Å²) in [5, 5.41) is 0. The molecule has 4 nitrogen and oxygen atoms in total. The molecule has 1 aromatic rings. The van der Waals surface area contributed by atoms with Crippen LogP contribution in [-0.2, 0) is 14.3 Å². The van der Waals surface area contributed by atoms with Gasteiger partial charge < -0.3 is 9.08 Å². The summed E-state index contributed by atoms with van der Waals surface area (Å²) in [6.07, 6.45) is 3.88. The fraction of sp³-hybridized carbons (Fsp3) is 0.167. The van der Waals surface area contributed by atoms with E-state index in [-0.39, 0.29) is 12.3 Å². The number of hydrogen-bond acceptors (Lipinski definition) is 4. The molecule has 0 atom stereocenters. The van der Waals surface area contributed by atoms with E-state index in [1.807, 2.05) is 30.3 Å². The third-order valence-corrected chi connectivity index (χ3v) is 3.46. The number of anilines is 1. The maximum absolute atomic E-state index is 12.2. The summed E-state index contributed by atoms with van der Waals surface area (Å²) in [6.45, 7) is 0.212. The van der Waals surface area contributed by atoms with Crippen LogP contribution in [-0.4, -0.2) is 20.5 Å². The van der Waals surface area contributed by atoms with Crippen molar-refractivity contribution in [2.24, 2.45) is 0 Å². The van der Waals surface area contributed by atoms with Crippen molar-refractivity contribution in [1.29, 1.82) is 0 Å². The van der Waals surface area contributed by atoms with Gasteiger partial charge in [0.25, 0.3) is 0 Å². The first-order valence-electron chi connectivity index (χ1n) is 5.50. The summed E-state index contributed by atoms with van der Waals surface area (Å²) in [7, 11) is -5.62. The highest BCUT2D eigenvalue weighted by atomic mass is 32.2. The van der Waals surface area contributed by atoms with Gasteiger partial charge in [-0.05, 0) is 24.3 Å². The van der Waals surface area contributed by atoms with E-state index in [1.54, 1.807) is 4.90 Å². The molecule has 0 bridgehead atoms. The number of nitrogens with zero attached hydrogens (tertiary/aromatic N) is 1. The van der Waals surface area contributed by atoms with E-state index in [2.05, 4.69) is 4.18 Å². The number of hydrogen-bond donors (Lipinski definition) is 0. The molecule has 0 unspecified atom stereocenters. The first-order valence-corrected chi connectivity index (χ1v) is 6.91. The number of halogens is 3. The van der Waals surface area contributed by atoms with Crippen molar-refractivity contribution in [2.45, 2.75) is 5.51 Å². The highest BCUT2D eigenvalue weighted by molar-refractivity contribution is 7.87. The summed E-state index contributed by atoms with van der Waals surface area (Å²) < 4.78 is 62.2. The van der Waals surface area contributed by atoms with Crippen molar-refractivity contribution in [3.05, 3.63) is 54.4 Å². The van der Waals surface area contributed by atoms with Gasteiger partial charge in [0.1, 0.15) is 5.76 Å². The lowest BCUT2D eigenvalue weighted by Gasteiger charge is -2.22. The average Bonchev–Trinajstić information content (AvgIpc) is 2.39. The number of rotatable bonds is 3. The molecule has 20 heavy (non-hydrogen) atoms. The molecule has 0 aromatic heterocycles. The molecule has 1 aliphatic rings. The van der Waals surface area contributed by atoms with Crippen molar-refractivity contribution in [1.82, 2.24) is 0 Å². The monoisotopic (exact) mass is 305 g/mol. The van der Waals surface area contributed by atoms with Gasteiger partial charge in [0.15, 0.2) is 0 Å². The van der Waals surface area contributed by atoms with E-state index in [0.717, 1.165) is 5.69 Å². The standard InChI is InChI=1S/C12H10F3NO3S/c13-12(14,15)20(17,18)19-11-6-8-16(9-7-11)10-4-2-1-3-5-10/h1-8H,9H2. The number of allylic oxidation sites excluding steroid dienone is 1. The highest BCUT2D eigenvalue weighted by Gasteiger charge is 2.48. The Hall–Kier alpha value is -1.96. The Balaban J connectivity index is 2.07. The zero-order valence-corrected chi connectivity index (χ0v) is 10.9. The van der Waals surface area contributed by atoms with E-state index in [0.29, 0.717) is 0 Å². The van der Waals surface area contributed by atoms with E-state index in [9.17, 15) is 21.6 Å². The van der Waals surface area contributed by atoms with Gasteiger partial charge in [-0.1, -0.05) is 18.2 Å². The van der Waals surface area contributed by atoms with Crippen LogP contribution in [0, 0.1) is 0 Å². The highest BCUT2D eigenvalue weighted by Crippen LogP contribution is 2.28. The second-order valence-electron chi connectivity index (χ2n) is 3.89. The molecule has 0 radical (unpaired) electrons. The van der Waals surface area contributed by atoms with Crippen LogP contribution < -0.4 is 4.90 Å². The Labute approximate surface area is 113 Å². The molecule has 2 rings (SSSR count). The van der Waals surface area contributed by atoms with Crippen molar-refractivity contribution in [3.63, 3.8) is 0 Å². The van der Waals surface area contributed by atoms with Crippen LogP contribution in [0.5, 0.6) is 0 Å². The third kappa shape index (κ3) is 3.13. The first-order chi connectivity index (χ1) is 9.29. The number of alkyl halides is 3. The molecule has 0 amide bonds. The van der Waals surface area contributed by atoms with Gasteiger partial charge in [0.2, 0.25) is 0 Å². The smallest absolute Gasteiger partial charge is 0.376 e. The van der Waals surface area contributed by atoms with Gasteiger partial charge in [0, 0.05) is 18.4 Å². The molecule has 0 spiro atoms. The number of benzene rings is 1. The molecule has 1 heterocycles. The van der Waals surface area contributed by atoms with Crippen molar-refractivity contribution in [2.75, 3.05) is 11.4 Å². The van der Waals surface area contributed by atoms with Crippen LogP contribution in [0.15, 0.2) is 54.4 Å². The molecular weight excluding hydrogens is 295 g/mol. The Morgan fingerprint density at radius 2 is 1.80 bits per heavy atom. The van der Waals surface area contributed by atoms with Crippen LogP contribution in [0.2, 0.25) is 0 Å². The molecule has 1 aromatic carbocycles. The minimum Gasteiger partial charge on any atom is -0.376 e. The van der Waals surface area contributed by atoms with Gasteiger partial charge in [-0.15, -0.1) is 0 Å². The lowest BCUT2D eigenvalue weighted by atomic mass is 10.2. The molecule has 0 saturated carbocycles. The van der Waals surface area contributed by atoms with Crippen molar-refractivity contribution < 1.29 is 25.8 Å². The normalized spacial score (nSPS) is 15.9. The van der Waals surface area contributed by atoms with Gasteiger partial charge in [-0.3, -0.25) is 0 Å². The molecule has 0 saturated heterocycles. The molecule has 0 N–H and O–H groups in total. The van der Waals surface area contributed by atoms with Gasteiger partial charge >= 0.3 is 15.6 Å². The van der Waals surface area contributed by atoms with Crippen molar-refractivity contribution >= 4 is 15.8 Å². The minimum atomic E-state index is -5.62. The Kier molecular flexibility index (Phi) is 3.76. The van der Waals surface area contributed by atoms with Crippen molar-refractivity contribution in [3.8, 4) is 0 Å². The summed E-state index contributed by atoms with van der Waals surface area (Å²) in [6, 6.07) is 9.09. The van der Waals surface area contributed by atoms with Gasteiger partial charge in [-0.2, -0.15) is 21.6 Å². The predicted molar refractivity (Wildman–Crippen MR) is 67.1 cm³/mol. The molecule has 8 heteroatoms. The largest absolute Gasteiger partial charge is 0.534 e. The lowest BCUT2D eigenvalue weighted by molar-refractivity contribution is -0.0519. The van der Waals surface area contributed by atoms with E-state index in [1.165, 1.54) is 18.4 Å². The molecular formula is C12H10F3NO3S. The zero-order chi connectivity index (χ0) is 14.8. The maximum Gasteiger partial charge on any atom is 0.534 e. The van der Waals surface area contributed by atoms with Crippen LogP contribution in [0.4, 0.5) is 18.9 Å². The Morgan fingerprint density at radius 3 is 2.30 bits per heavy atom. The zero-order valence-electron chi connectivity index (χ0n) is 10.0. The van der Waals surface area contributed by atoms with Crippen LogP contribution in [0.3, 0.4) is 0 Å². The molecule has 0 aliphatic carbocycles. The predicted octanol–water partition coefficient (Wildman–Crippen LogP) is 2.77. The fourth-order valence-electron chi connectivity index (χ4n) is 1.53. The van der Waals surface area contributed by atoms with Gasteiger partial charge in [-0.25, -0.2) is 0 Å². The SMILES string of the molecule is O=S(=O)(OC1=CCN(c2ccccc2)C=C1)C(F)(F)F. The van der Waals surface area contributed by atoms with E-state index < -0.39 is 15.6 Å². The molecule has 0 fully saturated rings. The summed E-state index contributed by atoms with van der Waals surface area (Å²) in [4.78, 5) is 1.73. The molecule has 1 aliphatic heterocycles. The lowest BCUT2D eigenvalue weighted by Crippen LogP contribution is -2.26. The minimum absolute atomic E-state index is 0.212. The van der Waals surface area contributed by atoms with Crippen LogP contribution in [0.1, 0.15) is 0 Å².